The lowest BCUT2D eigenvalue weighted by molar-refractivity contribution is -0.138. The number of hydrogen-bond donors (Lipinski definition) is 2. The molecule has 4 nitrogen and oxygen atoms in total. The molecular formula is C36H32ClF6NO3. The first kappa shape index (κ1) is 35.5. The number of carbonyl (C=O) groups excluding carboxylic acids is 1. The first-order valence-electron chi connectivity index (χ1n) is 14.8. The van der Waals surface area contributed by atoms with Gasteiger partial charge in [0.1, 0.15) is 0 Å². The molecular weight excluding hydrogens is 644 g/mol. The Balaban J connectivity index is 1.67. The fourth-order valence-electron chi connectivity index (χ4n) is 5.38. The smallest absolute Gasteiger partial charge is 0.416 e. The van der Waals surface area contributed by atoms with E-state index in [1.807, 2.05) is 0 Å². The van der Waals surface area contributed by atoms with Crippen molar-refractivity contribution in [2.45, 2.75) is 64.8 Å². The van der Waals surface area contributed by atoms with Gasteiger partial charge in [-0.1, -0.05) is 61.8 Å². The highest BCUT2D eigenvalue weighted by Gasteiger charge is 2.33. The van der Waals surface area contributed by atoms with Crippen molar-refractivity contribution in [1.29, 1.82) is 0 Å². The predicted molar refractivity (Wildman–Crippen MR) is 171 cm³/mol. The minimum Gasteiger partial charge on any atom is -0.481 e. The summed E-state index contributed by atoms with van der Waals surface area (Å²) in [5.41, 5.74) is 2.61. The molecule has 11 heteroatoms. The van der Waals surface area contributed by atoms with Crippen LogP contribution in [0, 0.1) is 6.92 Å². The number of benzene rings is 4. The Kier molecular flexibility index (Phi) is 10.7. The van der Waals surface area contributed by atoms with Gasteiger partial charge in [0, 0.05) is 36.2 Å². The van der Waals surface area contributed by atoms with E-state index in [1.165, 1.54) is 18.2 Å². The fourth-order valence-corrected chi connectivity index (χ4v) is 5.67. The van der Waals surface area contributed by atoms with Crippen LogP contribution in [-0.4, -0.2) is 16.9 Å². The van der Waals surface area contributed by atoms with Crippen molar-refractivity contribution >= 4 is 29.0 Å². The summed E-state index contributed by atoms with van der Waals surface area (Å²) < 4.78 is 81.5. The number of anilines is 1. The molecule has 0 bridgehead atoms. The van der Waals surface area contributed by atoms with Gasteiger partial charge in [0.25, 0.3) is 0 Å². The van der Waals surface area contributed by atoms with E-state index in [0.29, 0.717) is 50.2 Å². The third kappa shape index (κ3) is 8.74. The molecule has 4 rings (SSSR count). The Bertz CT molecular complexity index is 1780. The number of rotatable bonds is 11. The van der Waals surface area contributed by atoms with Crippen LogP contribution in [0.2, 0.25) is 5.02 Å². The lowest BCUT2D eigenvalue weighted by Crippen LogP contribution is -2.12. The van der Waals surface area contributed by atoms with Gasteiger partial charge in [0.2, 0.25) is 0 Å². The Hall–Kier alpha value is -4.31. The number of Topliss-reactive ketones (excluding diaryl/α,β-unsaturated/α-hetero) is 1. The second-order valence-corrected chi connectivity index (χ2v) is 12.0. The number of carboxylic acids is 1. The molecule has 0 aliphatic rings. The van der Waals surface area contributed by atoms with Gasteiger partial charge in [0.05, 0.1) is 16.1 Å². The van der Waals surface area contributed by atoms with Crippen LogP contribution in [0.3, 0.4) is 0 Å². The number of halogens is 7. The zero-order valence-electron chi connectivity index (χ0n) is 25.7. The molecule has 4 aromatic rings. The molecule has 0 atom stereocenters. The lowest BCUT2D eigenvalue weighted by atomic mass is 9.87. The summed E-state index contributed by atoms with van der Waals surface area (Å²) >= 11 is 6.57. The number of aryl methyl sites for hydroxylation is 1. The van der Waals surface area contributed by atoms with Gasteiger partial charge in [-0.15, -0.1) is 0 Å². The number of carbonyl (C=O) groups is 2. The molecule has 0 saturated heterocycles. The summed E-state index contributed by atoms with van der Waals surface area (Å²) in [4.78, 5) is 23.3. The molecule has 0 amide bonds. The van der Waals surface area contributed by atoms with Crippen LogP contribution in [0.5, 0.6) is 0 Å². The van der Waals surface area contributed by atoms with Crippen LogP contribution >= 0.6 is 11.6 Å². The molecule has 0 radical (unpaired) electrons. The van der Waals surface area contributed by atoms with E-state index in [9.17, 15) is 35.9 Å². The zero-order valence-corrected chi connectivity index (χ0v) is 26.5. The number of aliphatic carboxylic acids is 1. The summed E-state index contributed by atoms with van der Waals surface area (Å²) in [6, 6.07) is 16.8. The van der Waals surface area contributed by atoms with E-state index in [-0.39, 0.29) is 42.5 Å². The van der Waals surface area contributed by atoms with Crippen molar-refractivity contribution in [3.63, 3.8) is 0 Å². The van der Waals surface area contributed by atoms with Gasteiger partial charge in [0.15, 0.2) is 5.78 Å². The second-order valence-electron chi connectivity index (χ2n) is 11.6. The molecule has 0 fully saturated rings. The summed E-state index contributed by atoms with van der Waals surface area (Å²) in [5.74, 6) is -1.55. The van der Waals surface area contributed by atoms with E-state index >= 15 is 0 Å². The van der Waals surface area contributed by atoms with Crippen LogP contribution in [0.15, 0.2) is 72.8 Å². The summed E-state index contributed by atoms with van der Waals surface area (Å²) in [5, 5.41) is 12.3. The van der Waals surface area contributed by atoms with Crippen LogP contribution in [-0.2, 0) is 23.7 Å². The first-order chi connectivity index (χ1) is 22.0. The standard InChI is InChI=1S/C36H32ClF6NO3/c1-20(2)29-16-25(36(41,42)43)17-30(22-7-9-23(10-8-22)33(45)5-4-6-34(46)47)31(29)19-44-26-12-14-28(32(37)18-26)27-13-11-24(15-21(27)3)35(38,39)40/h7-18,20,44H,4-6,19H2,1-3H3,(H,46,47). The second kappa shape index (κ2) is 14.2. The predicted octanol–water partition coefficient (Wildman–Crippen LogP) is 11.2. The Labute approximate surface area is 273 Å². The van der Waals surface area contributed by atoms with Crippen molar-refractivity contribution in [3.05, 3.63) is 111 Å². The van der Waals surface area contributed by atoms with Crippen molar-refractivity contribution in [3.8, 4) is 22.3 Å². The van der Waals surface area contributed by atoms with Crippen molar-refractivity contribution in [1.82, 2.24) is 0 Å². The largest absolute Gasteiger partial charge is 0.481 e. The van der Waals surface area contributed by atoms with Crippen molar-refractivity contribution in [2.75, 3.05) is 5.32 Å². The number of alkyl halides is 6. The Morgan fingerprint density at radius 3 is 1.98 bits per heavy atom. The Morgan fingerprint density at radius 2 is 1.43 bits per heavy atom. The molecule has 0 aliphatic carbocycles. The normalized spacial score (nSPS) is 12.0. The topological polar surface area (TPSA) is 66.4 Å². The monoisotopic (exact) mass is 675 g/mol. The van der Waals surface area contributed by atoms with E-state index in [2.05, 4.69) is 5.32 Å². The molecule has 0 aliphatic heterocycles. The highest BCUT2D eigenvalue weighted by Crippen LogP contribution is 2.40. The highest BCUT2D eigenvalue weighted by atomic mass is 35.5. The van der Waals surface area contributed by atoms with E-state index < -0.39 is 29.4 Å². The summed E-state index contributed by atoms with van der Waals surface area (Å²) in [6.07, 6.45) is -9.03. The molecule has 47 heavy (non-hydrogen) atoms. The van der Waals surface area contributed by atoms with Gasteiger partial charge < -0.3 is 10.4 Å². The molecule has 0 saturated carbocycles. The third-order valence-corrected chi connectivity index (χ3v) is 8.14. The zero-order chi connectivity index (χ0) is 34.7. The quantitative estimate of drug-likeness (QED) is 0.123. The summed E-state index contributed by atoms with van der Waals surface area (Å²) in [7, 11) is 0. The van der Waals surface area contributed by atoms with Crippen molar-refractivity contribution < 1.29 is 41.0 Å². The summed E-state index contributed by atoms with van der Waals surface area (Å²) in [6.45, 7) is 5.26. The minimum atomic E-state index is -4.61. The van der Waals surface area contributed by atoms with Gasteiger partial charge in [-0.3, -0.25) is 9.59 Å². The molecule has 0 aromatic heterocycles. The number of nitrogens with one attached hydrogen (secondary N) is 1. The van der Waals surface area contributed by atoms with Crippen LogP contribution in [0.4, 0.5) is 32.0 Å². The van der Waals surface area contributed by atoms with Crippen LogP contribution < -0.4 is 5.32 Å². The fraction of sp³-hybridized carbons (Fsp3) is 0.278. The molecule has 2 N–H and O–H groups in total. The molecule has 248 valence electrons. The molecule has 0 spiro atoms. The van der Waals surface area contributed by atoms with Gasteiger partial charge >= 0.3 is 18.3 Å². The SMILES string of the molecule is Cc1cc(C(F)(F)F)ccc1-c1ccc(NCc2c(-c3ccc(C(=O)CCCC(=O)O)cc3)cc(C(F)(F)F)cc2C(C)C)cc1Cl. The average Bonchev–Trinajstić information content (AvgIpc) is 2.98. The maximum atomic E-state index is 14.0. The van der Waals surface area contributed by atoms with Gasteiger partial charge in [-0.2, -0.15) is 26.3 Å². The van der Waals surface area contributed by atoms with Gasteiger partial charge in [-0.25, -0.2) is 0 Å². The molecule has 4 aromatic carbocycles. The van der Waals surface area contributed by atoms with Gasteiger partial charge in [-0.05, 0) is 89.0 Å². The number of carboxylic acid groups (broad SMARTS) is 1. The lowest BCUT2D eigenvalue weighted by Gasteiger charge is -2.22. The maximum Gasteiger partial charge on any atom is 0.416 e. The number of hydrogen-bond acceptors (Lipinski definition) is 3. The minimum absolute atomic E-state index is 0.0294. The highest BCUT2D eigenvalue weighted by molar-refractivity contribution is 6.33. The van der Waals surface area contributed by atoms with E-state index in [4.69, 9.17) is 16.7 Å². The average molecular weight is 676 g/mol. The van der Waals surface area contributed by atoms with E-state index in [0.717, 1.165) is 24.3 Å². The maximum absolute atomic E-state index is 14.0. The van der Waals surface area contributed by atoms with Crippen LogP contribution in [0.1, 0.15) is 77.2 Å². The third-order valence-electron chi connectivity index (χ3n) is 7.83. The van der Waals surface area contributed by atoms with E-state index in [1.54, 1.807) is 51.1 Å². The molecule has 0 unspecified atom stereocenters. The number of ketones is 1. The first-order valence-corrected chi connectivity index (χ1v) is 15.1. The Morgan fingerprint density at radius 1 is 0.787 bits per heavy atom. The van der Waals surface area contributed by atoms with Crippen molar-refractivity contribution in [2.24, 2.45) is 0 Å². The van der Waals surface area contributed by atoms with Crippen LogP contribution in [0.25, 0.3) is 22.3 Å². The molecule has 0 heterocycles.